The third kappa shape index (κ3) is 2.36. The Labute approximate surface area is 138 Å². The van der Waals surface area contributed by atoms with Gasteiger partial charge in [0.15, 0.2) is 0 Å². The van der Waals surface area contributed by atoms with Gasteiger partial charge in [-0.25, -0.2) is 8.42 Å². The van der Waals surface area contributed by atoms with Crippen LogP contribution in [0.2, 0.25) is 0 Å². The summed E-state index contributed by atoms with van der Waals surface area (Å²) in [6, 6.07) is 4.88. The molecule has 0 saturated carbocycles. The molecule has 24 heavy (non-hydrogen) atoms. The van der Waals surface area contributed by atoms with E-state index in [4.69, 9.17) is 10.5 Å². The quantitative estimate of drug-likeness (QED) is 0.847. The second-order valence-electron chi connectivity index (χ2n) is 5.92. The summed E-state index contributed by atoms with van der Waals surface area (Å²) in [5, 5.41) is 4.07. The number of amides is 1. The zero-order valence-electron chi connectivity index (χ0n) is 12.8. The van der Waals surface area contributed by atoms with E-state index in [2.05, 4.69) is 5.10 Å². The van der Waals surface area contributed by atoms with E-state index in [-0.39, 0.29) is 10.9 Å². The Bertz CT molecular complexity index is 915. The molecule has 2 aliphatic heterocycles. The van der Waals surface area contributed by atoms with Gasteiger partial charge < -0.3 is 10.5 Å². The number of nitrogens with two attached hydrogens (primary N) is 1. The van der Waals surface area contributed by atoms with Gasteiger partial charge in [-0.15, -0.1) is 0 Å². The zero-order chi connectivity index (χ0) is 16.9. The molecule has 0 atom stereocenters. The van der Waals surface area contributed by atoms with Crippen molar-refractivity contribution in [1.29, 1.82) is 0 Å². The molecule has 2 aromatic rings. The molecule has 8 nitrogen and oxygen atoms in total. The molecule has 3 heterocycles. The van der Waals surface area contributed by atoms with E-state index in [0.717, 1.165) is 17.7 Å². The van der Waals surface area contributed by atoms with Crippen LogP contribution in [-0.2, 0) is 16.4 Å². The molecular weight excluding hydrogens is 332 g/mol. The van der Waals surface area contributed by atoms with Crippen LogP contribution in [0.4, 0.5) is 0 Å². The van der Waals surface area contributed by atoms with Crippen LogP contribution in [0, 0.1) is 0 Å². The standard InChI is InChI=1S/C15H16N4O4S/c16-15(20)11-6-17-19(7-11)12-8-18(9-12)24(21,22)13-1-2-14-10(5-13)3-4-23-14/h1-2,5-7,12H,3-4,8-9H2,(H2,16,20). The molecule has 1 saturated heterocycles. The Morgan fingerprint density at radius 3 is 2.83 bits per heavy atom. The second-order valence-corrected chi connectivity index (χ2v) is 7.86. The third-order valence-corrected chi connectivity index (χ3v) is 6.22. The van der Waals surface area contributed by atoms with Crippen molar-refractivity contribution >= 4 is 15.9 Å². The number of rotatable bonds is 4. The zero-order valence-corrected chi connectivity index (χ0v) is 13.6. The van der Waals surface area contributed by atoms with E-state index in [1.807, 2.05) is 0 Å². The van der Waals surface area contributed by atoms with Crippen LogP contribution >= 0.6 is 0 Å². The predicted octanol–water partition coefficient (Wildman–Crippen LogP) is 0.162. The molecule has 0 unspecified atom stereocenters. The largest absolute Gasteiger partial charge is 0.493 e. The molecule has 126 valence electrons. The van der Waals surface area contributed by atoms with Gasteiger partial charge in [0, 0.05) is 25.7 Å². The summed E-state index contributed by atoms with van der Waals surface area (Å²) in [5.41, 5.74) is 6.43. The number of sulfonamides is 1. The molecule has 4 rings (SSSR count). The third-order valence-electron chi connectivity index (χ3n) is 4.39. The fourth-order valence-corrected chi connectivity index (χ4v) is 4.48. The summed E-state index contributed by atoms with van der Waals surface area (Å²) in [6.07, 6.45) is 3.66. The lowest BCUT2D eigenvalue weighted by molar-refractivity contribution is 0.0999. The first-order chi connectivity index (χ1) is 11.4. The van der Waals surface area contributed by atoms with Crippen molar-refractivity contribution in [2.24, 2.45) is 5.73 Å². The van der Waals surface area contributed by atoms with Gasteiger partial charge in [-0.1, -0.05) is 0 Å². The van der Waals surface area contributed by atoms with Gasteiger partial charge in [-0.3, -0.25) is 9.48 Å². The molecule has 0 spiro atoms. The van der Waals surface area contributed by atoms with E-state index in [9.17, 15) is 13.2 Å². The number of benzene rings is 1. The molecule has 0 bridgehead atoms. The Balaban J connectivity index is 1.50. The molecule has 1 aromatic carbocycles. The number of hydrogen-bond donors (Lipinski definition) is 1. The maximum absolute atomic E-state index is 12.7. The number of primary amides is 1. The Hall–Kier alpha value is -2.39. The minimum Gasteiger partial charge on any atom is -0.493 e. The number of hydrogen-bond acceptors (Lipinski definition) is 5. The molecule has 1 fully saturated rings. The van der Waals surface area contributed by atoms with E-state index < -0.39 is 15.9 Å². The summed E-state index contributed by atoms with van der Waals surface area (Å²) in [5.74, 6) is 0.205. The lowest BCUT2D eigenvalue weighted by atomic mass is 10.2. The summed E-state index contributed by atoms with van der Waals surface area (Å²) in [6.45, 7) is 1.22. The van der Waals surface area contributed by atoms with Gasteiger partial charge in [-0.05, 0) is 23.8 Å². The van der Waals surface area contributed by atoms with E-state index in [1.54, 1.807) is 29.1 Å². The SMILES string of the molecule is NC(=O)c1cnn(C2CN(S(=O)(=O)c3ccc4c(c3)CCO4)C2)c1. The van der Waals surface area contributed by atoms with Crippen LogP contribution in [0.1, 0.15) is 22.0 Å². The monoisotopic (exact) mass is 348 g/mol. The molecule has 0 aliphatic carbocycles. The summed E-state index contributed by atoms with van der Waals surface area (Å²) < 4.78 is 33.8. The van der Waals surface area contributed by atoms with Gasteiger partial charge in [-0.2, -0.15) is 9.40 Å². The smallest absolute Gasteiger partial charge is 0.251 e. The lowest BCUT2D eigenvalue weighted by Crippen LogP contribution is -2.50. The van der Waals surface area contributed by atoms with E-state index in [1.165, 1.54) is 10.5 Å². The van der Waals surface area contributed by atoms with Crippen molar-refractivity contribution in [2.45, 2.75) is 17.4 Å². The number of carbonyl (C=O) groups is 1. The van der Waals surface area contributed by atoms with Crippen LogP contribution in [0.15, 0.2) is 35.5 Å². The number of carbonyl (C=O) groups excluding carboxylic acids is 1. The van der Waals surface area contributed by atoms with Gasteiger partial charge in [0.1, 0.15) is 5.75 Å². The van der Waals surface area contributed by atoms with Gasteiger partial charge in [0.2, 0.25) is 10.0 Å². The van der Waals surface area contributed by atoms with Crippen molar-refractivity contribution in [2.75, 3.05) is 19.7 Å². The molecular formula is C15H16N4O4S. The van der Waals surface area contributed by atoms with E-state index >= 15 is 0 Å². The number of fused-ring (bicyclic) bond motifs is 1. The Morgan fingerprint density at radius 1 is 1.33 bits per heavy atom. The normalized spacial score (nSPS) is 18.0. The molecule has 2 aliphatic rings. The first-order valence-corrected chi connectivity index (χ1v) is 8.99. The maximum atomic E-state index is 12.7. The van der Waals surface area contributed by atoms with Crippen molar-refractivity contribution in [3.63, 3.8) is 0 Å². The van der Waals surface area contributed by atoms with E-state index in [0.29, 0.717) is 25.3 Å². The molecule has 1 aromatic heterocycles. The van der Waals surface area contributed by atoms with Crippen molar-refractivity contribution < 1.29 is 17.9 Å². The Morgan fingerprint density at radius 2 is 2.12 bits per heavy atom. The number of nitrogens with zero attached hydrogens (tertiary/aromatic N) is 3. The van der Waals surface area contributed by atoms with Gasteiger partial charge >= 0.3 is 0 Å². The van der Waals surface area contributed by atoms with Crippen LogP contribution in [0.25, 0.3) is 0 Å². The number of aromatic nitrogens is 2. The average Bonchev–Trinajstić information content (AvgIpc) is 3.13. The van der Waals surface area contributed by atoms with Crippen LogP contribution in [0.5, 0.6) is 5.75 Å². The molecule has 2 N–H and O–H groups in total. The highest BCUT2D eigenvalue weighted by molar-refractivity contribution is 7.89. The van der Waals surface area contributed by atoms with Gasteiger partial charge in [0.25, 0.3) is 5.91 Å². The van der Waals surface area contributed by atoms with Crippen molar-refractivity contribution in [1.82, 2.24) is 14.1 Å². The minimum absolute atomic E-state index is 0.0920. The number of ether oxygens (including phenoxy) is 1. The Kier molecular flexibility index (Phi) is 3.36. The average molecular weight is 348 g/mol. The van der Waals surface area contributed by atoms with Crippen molar-refractivity contribution in [3.8, 4) is 5.75 Å². The first kappa shape index (κ1) is 15.2. The molecule has 0 radical (unpaired) electrons. The second kappa shape index (κ2) is 5.32. The first-order valence-electron chi connectivity index (χ1n) is 7.55. The van der Waals surface area contributed by atoms with Gasteiger partial charge in [0.05, 0.1) is 29.3 Å². The molecule has 1 amide bonds. The predicted molar refractivity (Wildman–Crippen MR) is 84.2 cm³/mol. The lowest BCUT2D eigenvalue weighted by Gasteiger charge is -2.38. The molecule has 9 heteroatoms. The van der Waals surface area contributed by atoms with Crippen molar-refractivity contribution in [3.05, 3.63) is 41.7 Å². The van der Waals surface area contributed by atoms with Crippen LogP contribution in [-0.4, -0.2) is 48.1 Å². The highest BCUT2D eigenvalue weighted by Crippen LogP contribution is 2.32. The fourth-order valence-electron chi connectivity index (χ4n) is 2.92. The minimum atomic E-state index is -3.53. The van der Waals surface area contributed by atoms with Crippen LogP contribution < -0.4 is 10.5 Å². The highest BCUT2D eigenvalue weighted by Gasteiger charge is 2.38. The summed E-state index contributed by atoms with van der Waals surface area (Å²) in [7, 11) is -3.53. The topological polar surface area (TPSA) is 108 Å². The highest BCUT2D eigenvalue weighted by atomic mass is 32.2. The fraction of sp³-hybridized carbons (Fsp3) is 0.333. The maximum Gasteiger partial charge on any atom is 0.251 e. The summed E-state index contributed by atoms with van der Waals surface area (Å²) >= 11 is 0. The summed E-state index contributed by atoms with van der Waals surface area (Å²) in [4.78, 5) is 11.4. The van der Waals surface area contributed by atoms with Crippen LogP contribution in [0.3, 0.4) is 0 Å².